The molecule has 0 saturated heterocycles. The molecule has 2 heterocycles. The predicted molar refractivity (Wildman–Crippen MR) is 154 cm³/mol. The van der Waals surface area contributed by atoms with E-state index in [0.717, 1.165) is 22.6 Å². The molecular weight excluding hydrogens is 671 g/mol. The topological polar surface area (TPSA) is 59.4 Å². The number of aromatic nitrogens is 1. The van der Waals surface area contributed by atoms with Crippen LogP contribution in [0.3, 0.4) is 0 Å². The Kier molecular flexibility index (Phi) is 8.67. The van der Waals surface area contributed by atoms with Crippen LogP contribution in [0.4, 0.5) is 0 Å². The van der Waals surface area contributed by atoms with Crippen LogP contribution >= 0.6 is 11.3 Å². The number of methoxy groups -OCH3 is 1. The number of ether oxygens (including phenoxy) is 1. The SMILES string of the molecule is CC(=O)/C=C(/C)O.COc1c[c-]c(-c2nccc3cc4sc5cc6c(cc5c4cc23)CCCC6)c(C)c1.[Ir]. The number of carbonyl (C=O) groups excluding carboxylic acids is 1. The first kappa shape index (κ1) is 28.0. The Morgan fingerprint density at radius 1 is 1.03 bits per heavy atom. The molecule has 1 aliphatic carbocycles. The normalized spacial score (nSPS) is 13.0. The summed E-state index contributed by atoms with van der Waals surface area (Å²) in [6, 6.07) is 19.0. The summed E-state index contributed by atoms with van der Waals surface area (Å²) in [5.41, 5.74) is 6.25. The first-order valence-corrected chi connectivity index (χ1v) is 13.4. The number of benzene rings is 3. The van der Waals surface area contributed by atoms with Gasteiger partial charge in [0.15, 0.2) is 5.78 Å². The summed E-state index contributed by atoms with van der Waals surface area (Å²) in [6.07, 6.45) is 8.14. The number of ketones is 1. The van der Waals surface area contributed by atoms with E-state index >= 15 is 0 Å². The summed E-state index contributed by atoms with van der Waals surface area (Å²) in [7, 11) is 1.69. The Bertz CT molecular complexity index is 1680. The maximum Gasteiger partial charge on any atom is 0.155 e. The molecule has 4 nitrogen and oxygen atoms in total. The number of nitrogens with zero attached hydrogens (tertiary/aromatic N) is 1. The smallest absolute Gasteiger partial charge is 0.155 e. The van der Waals surface area contributed by atoms with Crippen molar-refractivity contribution in [1.82, 2.24) is 4.98 Å². The van der Waals surface area contributed by atoms with Crippen molar-refractivity contribution < 1.29 is 34.7 Å². The van der Waals surface area contributed by atoms with Crippen molar-refractivity contribution in [3.8, 4) is 17.0 Å². The van der Waals surface area contributed by atoms with Gasteiger partial charge in [-0.05, 0) is 91.4 Å². The Balaban J connectivity index is 0.000000375. The van der Waals surface area contributed by atoms with Crippen molar-refractivity contribution >= 4 is 48.1 Å². The maximum absolute atomic E-state index is 10.0. The standard InChI is InChI=1S/C27H22NOS.C5H8O2.Ir/c1-16-11-20(29-2)7-8-21(16)27-22-15-24-23-12-17-5-3-4-6-18(17)13-25(23)30-26(24)14-19(22)9-10-28-27;1-4(6)3-5(2)7;/h7,9-15H,3-6H2,1-2H3;3,6H,1-2H3;/q-1;;/b;4-3-;. The molecule has 0 saturated carbocycles. The molecule has 6 heteroatoms. The zero-order valence-corrected chi connectivity index (χ0v) is 25.2. The van der Waals surface area contributed by atoms with Crippen LogP contribution in [0.25, 0.3) is 42.2 Å². The summed E-state index contributed by atoms with van der Waals surface area (Å²) in [5, 5.41) is 13.5. The van der Waals surface area contributed by atoms with Gasteiger partial charge in [-0.3, -0.25) is 4.79 Å². The zero-order chi connectivity index (χ0) is 26.1. The first-order valence-electron chi connectivity index (χ1n) is 12.6. The fourth-order valence-electron chi connectivity index (χ4n) is 5.12. The summed E-state index contributed by atoms with van der Waals surface area (Å²) >= 11 is 1.91. The average Bonchev–Trinajstić information content (AvgIpc) is 3.21. The number of hydrogen-bond acceptors (Lipinski definition) is 5. The van der Waals surface area contributed by atoms with Gasteiger partial charge in [-0.1, -0.05) is 13.0 Å². The van der Waals surface area contributed by atoms with Gasteiger partial charge in [0.1, 0.15) is 0 Å². The van der Waals surface area contributed by atoms with Crippen LogP contribution < -0.4 is 4.74 Å². The van der Waals surface area contributed by atoms with Crippen molar-refractivity contribution in [1.29, 1.82) is 0 Å². The summed E-state index contributed by atoms with van der Waals surface area (Å²) in [5.74, 6) is 0.764. The fraction of sp³-hybridized carbons (Fsp3) is 0.250. The van der Waals surface area contributed by atoms with Crippen molar-refractivity contribution in [3.05, 3.63) is 83.3 Å². The van der Waals surface area contributed by atoms with Crippen molar-refractivity contribution in [2.24, 2.45) is 0 Å². The number of thiophene rings is 1. The summed E-state index contributed by atoms with van der Waals surface area (Å²) in [6.45, 7) is 4.95. The fourth-order valence-corrected chi connectivity index (χ4v) is 6.30. The first-order chi connectivity index (χ1) is 17.8. The predicted octanol–water partition coefficient (Wildman–Crippen LogP) is 8.30. The van der Waals surface area contributed by atoms with Crippen LogP contribution in [0.5, 0.6) is 5.75 Å². The van der Waals surface area contributed by atoms with E-state index in [2.05, 4.69) is 49.4 Å². The summed E-state index contributed by atoms with van der Waals surface area (Å²) < 4.78 is 8.12. The van der Waals surface area contributed by atoms with E-state index in [0.29, 0.717) is 0 Å². The number of rotatable bonds is 3. The Labute approximate surface area is 240 Å². The number of aliphatic hydroxyl groups excluding tert-OH is 1. The number of fused-ring (bicyclic) bond motifs is 5. The summed E-state index contributed by atoms with van der Waals surface area (Å²) in [4.78, 5) is 14.8. The quantitative estimate of drug-likeness (QED) is 0.117. The van der Waals surface area contributed by atoms with E-state index in [1.807, 2.05) is 23.6 Å². The molecule has 0 fully saturated rings. The molecule has 197 valence electrons. The Morgan fingerprint density at radius 2 is 1.71 bits per heavy atom. The van der Waals surface area contributed by atoms with Crippen LogP contribution in [0.1, 0.15) is 43.4 Å². The third kappa shape index (κ3) is 5.68. The average molecular weight is 701 g/mol. The molecule has 0 amide bonds. The molecular formula is C32H30IrNO3S-. The molecule has 0 unspecified atom stereocenters. The third-order valence-electron chi connectivity index (χ3n) is 6.82. The number of hydrogen-bond donors (Lipinski definition) is 1. The second kappa shape index (κ2) is 11.8. The largest absolute Gasteiger partial charge is 0.540 e. The molecule has 3 aromatic carbocycles. The molecule has 0 spiro atoms. The van der Waals surface area contributed by atoms with Gasteiger partial charge in [0.05, 0.1) is 12.9 Å². The van der Waals surface area contributed by atoms with Gasteiger partial charge in [-0.25, -0.2) is 0 Å². The van der Waals surface area contributed by atoms with Gasteiger partial charge in [-0.15, -0.1) is 40.7 Å². The minimum Gasteiger partial charge on any atom is -0.540 e. The number of allylic oxidation sites excluding steroid dienone is 2. The van der Waals surface area contributed by atoms with Crippen LogP contribution in [0, 0.1) is 13.0 Å². The van der Waals surface area contributed by atoms with E-state index in [-0.39, 0.29) is 31.6 Å². The minimum atomic E-state index is -0.125. The van der Waals surface area contributed by atoms with Gasteiger partial charge in [0.2, 0.25) is 0 Å². The molecule has 0 bridgehead atoms. The molecule has 5 aromatic rings. The van der Waals surface area contributed by atoms with Crippen molar-refractivity contribution in [3.63, 3.8) is 0 Å². The number of aliphatic hydroxyl groups is 1. The van der Waals surface area contributed by atoms with Crippen molar-refractivity contribution in [2.75, 3.05) is 7.11 Å². The van der Waals surface area contributed by atoms with E-state index < -0.39 is 0 Å². The molecule has 0 aliphatic heterocycles. The van der Waals surface area contributed by atoms with Gasteiger partial charge in [-0.2, -0.15) is 0 Å². The van der Waals surface area contributed by atoms with Crippen LogP contribution in [-0.2, 0) is 37.7 Å². The molecule has 6 rings (SSSR count). The van der Waals surface area contributed by atoms with E-state index in [9.17, 15) is 4.79 Å². The molecule has 1 radical (unpaired) electrons. The Hall–Kier alpha value is -3.05. The van der Waals surface area contributed by atoms with E-state index in [1.165, 1.54) is 76.6 Å². The van der Waals surface area contributed by atoms with Crippen molar-refractivity contribution in [2.45, 2.75) is 46.5 Å². The van der Waals surface area contributed by atoms with Gasteiger partial charge >= 0.3 is 0 Å². The monoisotopic (exact) mass is 701 g/mol. The van der Waals surface area contributed by atoms with Gasteiger partial charge < -0.3 is 14.8 Å². The van der Waals surface area contributed by atoms with Gasteiger partial charge in [0, 0.05) is 58.3 Å². The van der Waals surface area contributed by atoms with Crippen LogP contribution in [-0.4, -0.2) is 23.0 Å². The molecule has 0 atom stereocenters. The third-order valence-corrected chi connectivity index (χ3v) is 7.93. The number of carbonyl (C=O) groups is 1. The van der Waals surface area contributed by atoms with Crippen LogP contribution in [0.2, 0.25) is 0 Å². The van der Waals surface area contributed by atoms with E-state index in [4.69, 9.17) is 14.8 Å². The van der Waals surface area contributed by atoms with Crippen LogP contribution in [0.15, 0.2) is 60.5 Å². The van der Waals surface area contributed by atoms with E-state index in [1.54, 1.807) is 18.2 Å². The molecule has 2 aromatic heterocycles. The second-order valence-corrected chi connectivity index (χ2v) is 10.7. The second-order valence-electron chi connectivity index (χ2n) is 9.65. The zero-order valence-electron chi connectivity index (χ0n) is 22.0. The Morgan fingerprint density at radius 3 is 2.34 bits per heavy atom. The number of pyridine rings is 1. The van der Waals surface area contributed by atoms with Gasteiger partial charge in [0.25, 0.3) is 0 Å². The molecule has 1 aliphatic rings. The minimum absolute atomic E-state index is 0. The maximum atomic E-state index is 10.0. The number of aryl methyl sites for hydroxylation is 3. The molecule has 38 heavy (non-hydrogen) atoms. The molecule has 1 N–H and O–H groups in total.